The number of piperidine rings is 1. The van der Waals surface area contributed by atoms with Gasteiger partial charge in [-0.05, 0) is 43.3 Å². The Balaban J connectivity index is 1.56. The topological polar surface area (TPSA) is 72.9 Å². The maximum atomic E-state index is 9.75. The number of aliphatic hydroxyl groups excluding tert-OH is 1. The second kappa shape index (κ2) is 5.95. The molecule has 1 aromatic heterocycles. The lowest BCUT2D eigenvalue weighted by molar-refractivity contribution is 0.0509. The number of fused-ring (bicyclic) bond motifs is 1. The van der Waals surface area contributed by atoms with Crippen LogP contribution >= 0.6 is 12.2 Å². The fraction of sp³-hybridized carbons (Fsp3) is 0.467. The molecular weight excluding hydrogens is 318 g/mol. The van der Waals surface area contributed by atoms with Crippen LogP contribution < -0.4 is 9.47 Å². The summed E-state index contributed by atoms with van der Waals surface area (Å²) in [5, 5.41) is 14.2. The minimum Gasteiger partial charge on any atom is -0.454 e. The van der Waals surface area contributed by atoms with Crippen LogP contribution in [0.15, 0.2) is 22.6 Å². The molecule has 1 aromatic carbocycles. The molecule has 0 radical (unpaired) electrons. The van der Waals surface area contributed by atoms with Gasteiger partial charge in [-0.1, -0.05) is 0 Å². The van der Waals surface area contributed by atoms with E-state index in [0.29, 0.717) is 35.4 Å². The van der Waals surface area contributed by atoms with E-state index in [9.17, 15) is 5.11 Å². The van der Waals surface area contributed by atoms with Gasteiger partial charge in [0, 0.05) is 18.7 Å². The molecule has 2 aliphatic heterocycles. The Morgan fingerprint density at radius 1 is 1.30 bits per heavy atom. The van der Waals surface area contributed by atoms with Crippen LogP contribution in [0.5, 0.6) is 11.5 Å². The highest BCUT2D eigenvalue weighted by atomic mass is 32.1. The Labute approximate surface area is 138 Å². The molecule has 23 heavy (non-hydrogen) atoms. The lowest BCUT2D eigenvalue weighted by atomic mass is 10.1. The lowest BCUT2D eigenvalue weighted by Crippen LogP contribution is -2.39. The molecule has 1 saturated heterocycles. The van der Waals surface area contributed by atoms with Crippen LogP contribution in [0.1, 0.15) is 12.8 Å². The molecule has 0 unspecified atom stereocenters. The first-order chi connectivity index (χ1) is 11.2. The van der Waals surface area contributed by atoms with Crippen LogP contribution in [-0.2, 0) is 6.67 Å². The first kappa shape index (κ1) is 14.7. The molecule has 122 valence electrons. The van der Waals surface area contributed by atoms with Crippen molar-refractivity contribution in [2.75, 3.05) is 19.9 Å². The van der Waals surface area contributed by atoms with Gasteiger partial charge in [-0.25, -0.2) is 4.68 Å². The largest absolute Gasteiger partial charge is 0.454 e. The van der Waals surface area contributed by atoms with E-state index < -0.39 is 0 Å². The first-order valence-electron chi connectivity index (χ1n) is 7.57. The third-order valence-electron chi connectivity index (χ3n) is 4.04. The molecule has 1 fully saturated rings. The van der Waals surface area contributed by atoms with Gasteiger partial charge in [0.25, 0.3) is 4.84 Å². The van der Waals surface area contributed by atoms with Crippen LogP contribution in [0.4, 0.5) is 0 Å². The van der Waals surface area contributed by atoms with Crippen LogP contribution in [0.2, 0.25) is 0 Å². The smallest absolute Gasteiger partial charge is 0.288 e. The molecule has 0 spiro atoms. The predicted octanol–water partition coefficient (Wildman–Crippen LogP) is 2.02. The van der Waals surface area contributed by atoms with Gasteiger partial charge in [0.05, 0.1) is 12.8 Å². The maximum absolute atomic E-state index is 9.75. The van der Waals surface area contributed by atoms with Gasteiger partial charge in [-0.3, -0.25) is 4.90 Å². The van der Waals surface area contributed by atoms with E-state index in [1.165, 1.54) is 0 Å². The van der Waals surface area contributed by atoms with Gasteiger partial charge < -0.3 is 19.0 Å². The molecule has 3 heterocycles. The Morgan fingerprint density at radius 2 is 2.17 bits per heavy atom. The van der Waals surface area contributed by atoms with Crippen LogP contribution in [0.25, 0.3) is 11.5 Å². The second-order valence-electron chi connectivity index (χ2n) is 5.76. The van der Waals surface area contributed by atoms with Gasteiger partial charge in [0.1, 0.15) is 0 Å². The van der Waals surface area contributed by atoms with Gasteiger partial charge in [-0.2, -0.15) is 0 Å². The SMILES string of the molecule is O[C@@H]1CCCN(Cn2nc(-c3ccc4c(c3)OCO4)oc2=S)C1. The molecule has 0 amide bonds. The number of hydrogen-bond donors (Lipinski definition) is 1. The third kappa shape index (κ3) is 2.97. The van der Waals surface area contributed by atoms with Gasteiger partial charge in [0.15, 0.2) is 11.5 Å². The molecule has 2 aliphatic rings. The molecule has 7 nitrogen and oxygen atoms in total. The summed E-state index contributed by atoms with van der Waals surface area (Å²) in [7, 11) is 0. The van der Waals surface area contributed by atoms with E-state index in [-0.39, 0.29) is 12.9 Å². The summed E-state index contributed by atoms with van der Waals surface area (Å²) in [4.78, 5) is 2.44. The number of likely N-dealkylation sites (tertiary alicyclic amines) is 1. The predicted molar refractivity (Wildman–Crippen MR) is 83.7 cm³/mol. The van der Waals surface area contributed by atoms with Crippen LogP contribution in [0, 0.1) is 4.84 Å². The van der Waals surface area contributed by atoms with Crippen LogP contribution in [0.3, 0.4) is 0 Å². The first-order valence-corrected chi connectivity index (χ1v) is 7.98. The summed E-state index contributed by atoms with van der Waals surface area (Å²) in [6, 6.07) is 5.53. The summed E-state index contributed by atoms with van der Waals surface area (Å²) in [6.07, 6.45) is 1.54. The standard InChI is InChI=1S/C15H17N3O4S/c19-11-2-1-5-17(7-11)8-18-15(23)22-14(16-18)10-3-4-12-13(6-10)21-9-20-12/h3-4,6,11,19H,1-2,5,7-9H2/t11-/m1/s1. The molecule has 0 saturated carbocycles. The highest BCUT2D eigenvalue weighted by molar-refractivity contribution is 7.71. The molecule has 0 aliphatic carbocycles. The molecule has 8 heteroatoms. The van der Waals surface area contributed by atoms with Crippen molar-refractivity contribution in [2.24, 2.45) is 0 Å². The zero-order valence-electron chi connectivity index (χ0n) is 12.5. The quantitative estimate of drug-likeness (QED) is 0.860. The summed E-state index contributed by atoms with van der Waals surface area (Å²) < 4.78 is 17.9. The monoisotopic (exact) mass is 335 g/mol. The van der Waals surface area contributed by atoms with E-state index >= 15 is 0 Å². The van der Waals surface area contributed by atoms with Crippen molar-refractivity contribution in [3.63, 3.8) is 0 Å². The Kier molecular flexibility index (Phi) is 3.80. The number of benzene rings is 1. The number of β-amino-alcohol motifs (C(OH)–C–C–N with tert-alkyl or cyclic N) is 1. The number of aromatic nitrogens is 2. The minimum atomic E-state index is -0.279. The van der Waals surface area contributed by atoms with Crippen molar-refractivity contribution in [3.05, 3.63) is 23.0 Å². The fourth-order valence-corrected chi connectivity index (χ4v) is 3.07. The Morgan fingerprint density at radius 3 is 3.04 bits per heavy atom. The van der Waals surface area contributed by atoms with Crippen molar-refractivity contribution in [2.45, 2.75) is 25.6 Å². The van der Waals surface area contributed by atoms with Crippen molar-refractivity contribution in [1.29, 1.82) is 0 Å². The summed E-state index contributed by atoms with van der Waals surface area (Å²) in [5.41, 5.74) is 0.790. The van der Waals surface area contributed by atoms with Gasteiger partial charge >= 0.3 is 0 Å². The highest BCUT2D eigenvalue weighted by Gasteiger charge is 2.20. The zero-order chi connectivity index (χ0) is 15.8. The van der Waals surface area contributed by atoms with Crippen molar-refractivity contribution in [1.82, 2.24) is 14.7 Å². The normalized spacial score (nSPS) is 20.8. The Bertz CT molecular complexity index is 772. The number of aliphatic hydroxyl groups is 1. The van der Waals surface area contributed by atoms with Crippen molar-refractivity contribution in [3.8, 4) is 23.0 Å². The number of ether oxygens (including phenoxy) is 2. The van der Waals surface area contributed by atoms with E-state index in [4.69, 9.17) is 26.1 Å². The number of rotatable bonds is 3. The molecule has 0 bridgehead atoms. The molecule has 4 rings (SSSR count). The minimum absolute atomic E-state index is 0.230. The number of hydrogen-bond acceptors (Lipinski definition) is 7. The van der Waals surface area contributed by atoms with E-state index in [1.54, 1.807) is 4.68 Å². The second-order valence-corrected chi connectivity index (χ2v) is 6.10. The van der Waals surface area contributed by atoms with Crippen molar-refractivity contribution < 1.29 is 19.0 Å². The fourth-order valence-electron chi connectivity index (χ4n) is 2.89. The maximum Gasteiger partial charge on any atom is 0.288 e. The molecule has 1 N–H and O–H groups in total. The summed E-state index contributed by atoms with van der Waals surface area (Å²) in [6.45, 7) is 2.30. The average molecular weight is 335 g/mol. The van der Waals surface area contributed by atoms with E-state index in [1.807, 2.05) is 18.2 Å². The van der Waals surface area contributed by atoms with Crippen molar-refractivity contribution >= 4 is 12.2 Å². The van der Waals surface area contributed by atoms with Crippen LogP contribution in [-0.4, -0.2) is 45.8 Å². The summed E-state index contributed by atoms with van der Waals surface area (Å²) in [5.74, 6) is 1.84. The Hall–Kier alpha value is -1.90. The highest BCUT2D eigenvalue weighted by Crippen LogP contribution is 2.35. The third-order valence-corrected chi connectivity index (χ3v) is 4.33. The lowest BCUT2D eigenvalue weighted by Gasteiger charge is -2.29. The number of nitrogens with zero attached hydrogens (tertiary/aromatic N) is 3. The van der Waals surface area contributed by atoms with Gasteiger partial charge in [-0.15, -0.1) is 5.10 Å². The van der Waals surface area contributed by atoms with E-state index in [0.717, 1.165) is 24.9 Å². The van der Waals surface area contributed by atoms with E-state index in [2.05, 4.69) is 10.00 Å². The molecular formula is C15H17N3O4S. The van der Waals surface area contributed by atoms with Gasteiger partial charge in [0.2, 0.25) is 12.7 Å². The zero-order valence-corrected chi connectivity index (χ0v) is 13.3. The summed E-state index contributed by atoms with van der Waals surface area (Å²) >= 11 is 5.26. The average Bonchev–Trinajstić information content (AvgIpc) is 3.14. The molecule has 2 aromatic rings. The molecule has 1 atom stereocenters.